The van der Waals surface area contributed by atoms with Crippen LogP contribution in [0.4, 0.5) is 4.79 Å². The molecule has 1 unspecified atom stereocenters. The van der Waals surface area contributed by atoms with Crippen LogP contribution in [0.15, 0.2) is 0 Å². The van der Waals surface area contributed by atoms with Crippen LogP contribution in [0.2, 0.25) is 0 Å². The van der Waals surface area contributed by atoms with Gasteiger partial charge in [0.05, 0.1) is 6.42 Å². The fourth-order valence-electron chi connectivity index (χ4n) is 0.966. The highest BCUT2D eigenvalue weighted by atomic mass is 16.4. The van der Waals surface area contributed by atoms with Gasteiger partial charge in [-0.3, -0.25) is 9.59 Å². The van der Waals surface area contributed by atoms with Gasteiger partial charge in [0, 0.05) is 7.05 Å². The molecular weight excluding hydrogens is 232 g/mol. The molecule has 0 aliphatic rings. The highest BCUT2D eigenvalue weighted by Gasteiger charge is 2.23. The van der Waals surface area contributed by atoms with Crippen molar-refractivity contribution in [1.29, 1.82) is 0 Å². The number of hydrogen-bond donors (Lipinski definition) is 4. The molecule has 0 fully saturated rings. The molecule has 6 N–H and O–H groups in total. The van der Waals surface area contributed by atoms with E-state index in [0.29, 0.717) is 0 Å². The number of aliphatic carboxylic acids is 1. The summed E-state index contributed by atoms with van der Waals surface area (Å²) in [4.78, 5) is 44.0. The van der Waals surface area contributed by atoms with Gasteiger partial charge in [-0.25, -0.2) is 9.59 Å². The normalized spacial score (nSPS) is 11.4. The Morgan fingerprint density at radius 3 is 2.12 bits per heavy atom. The van der Waals surface area contributed by atoms with E-state index in [2.05, 4.69) is 0 Å². The zero-order chi connectivity index (χ0) is 13.6. The van der Waals surface area contributed by atoms with Crippen molar-refractivity contribution >= 4 is 23.8 Å². The lowest BCUT2D eigenvalue weighted by molar-refractivity contribution is -0.140. The van der Waals surface area contributed by atoms with E-state index in [0.717, 1.165) is 4.90 Å². The van der Waals surface area contributed by atoms with Crippen LogP contribution in [-0.2, 0) is 14.4 Å². The zero-order valence-corrected chi connectivity index (χ0v) is 9.17. The molecule has 0 aromatic heterocycles. The number of nitrogens with one attached hydrogen (secondary N) is 1. The number of hydrogen-bond acceptors (Lipinski definition) is 4. The zero-order valence-electron chi connectivity index (χ0n) is 9.17. The lowest BCUT2D eigenvalue weighted by Crippen LogP contribution is -2.49. The molecule has 0 aliphatic heterocycles. The van der Waals surface area contributed by atoms with Crippen LogP contribution in [0.1, 0.15) is 6.42 Å². The first kappa shape index (κ1) is 14.7. The fourth-order valence-corrected chi connectivity index (χ4v) is 0.966. The molecule has 9 heteroatoms. The molecule has 0 aromatic carbocycles. The van der Waals surface area contributed by atoms with Crippen molar-refractivity contribution < 1.29 is 24.3 Å². The molecule has 4 amide bonds. The van der Waals surface area contributed by atoms with E-state index in [4.69, 9.17) is 16.6 Å². The van der Waals surface area contributed by atoms with Crippen molar-refractivity contribution in [1.82, 2.24) is 10.2 Å². The van der Waals surface area contributed by atoms with Crippen LogP contribution in [0, 0.1) is 0 Å². The van der Waals surface area contributed by atoms with Gasteiger partial charge in [-0.05, 0) is 0 Å². The number of carboxylic acids is 1. The average Bonchev–Trinajstić information content (AvgIpc) is 2.14. The van der Waals surface area contributed by atoms with Crippen LogP contribution in [-0.4, -0.2) is 53.5 Å². The second-order valence-corrected chi connectivity index (χ2v) is 3.33. The van der Waals surface area contributed by atoms with Crippen LogP contribution in [0.5, 0.6) is 0 Å². The van der Waals surface area contributed by atoms with E-state index >= 15 is 0 Å². The standard InChI is InChI=1S/C8H14N4O5/c1-12(3-6(10)14)8(17)11-4(7(15)16)2-5(9)13/h4H,2-3H2,1H3,(H2,9,13)(H2,10,14)(H,11,17)(H,15,16). The summed E-state index contributed by atoms with van der Waals surface area (Å²) >= 11 is 0. The Morgan fingerprint density at radius 2 is 1.76 bits per heavy atom. The summed E-state index contributed by atoms with van der Waals surface area (Å²) in [6.07, 6.45) is -0.536. The van der Waals surface area contributed by atoms with Gasteiger partial charge in [-0.1, -0.05) is 0 Å². The molecule has 0 aromatic rings. The lowest BCUT2D eigenvalue weighted by Gasteiger charge is -2.19. The van der Waals surface area contributed by atoms with E-state index in [1.165, 1.54) is 7.05 Å². The van der Waals surface area contributed by atoms with E-state index in [1.807, 2.05) is 5.32 Å². The van der Waals surface area contributed by atoms with Gasteiger partial charge in [0.25, 0.3) is 0 Å². The van der Waals surface area contributed by atoms with Crippen LogP contribution >= 0.6 is 0 Å². The van der Waals surface area contributed by atoms with E-state index < -0.39 is 36.3 Å². The minimum Gasteiger partial charge on any atom is -0.480 e. The summed E-state index contributed by atoms with van der Waals surface area (Å²) in [5.41, 5.74) is 9.67. The maximum atomic E-state index is 11.4. The summed E-state index contributed by atoms with van der Waals surface area (Å²) in [6.45, 7) is -0.366. The molecule has 0 heterocycles. The second-order valence-electron chi connectivity index (χ2n) is 3.33. The number of urea groups is 1. The van der Waals surface area contributed by atoms with Gasteiger partial charge in [0.1, 0.15) is 12.6 Å². The van der Waals surface area contributed by atoms with Crippen molar-refractivity contribution in [3.05, 3.63) is 0 Å². The molecule has 0 rings (SSSR count). The highest BCUT2D eigenvalue weighted by molar-refractivity contribution is 5.88. The first-order chi connectivity index (χ1) is 7.73. The van der Waals surface area contributed by atoms with E-state index in [9.17, 15) is 19.2 Å². The second kappa shape index (κ2) is 6.30. The lowest BCUT2D eigenvalue weighted by atomic mass is 10.2. The number of rotatable bonds is 6. The minimum atomic E-state index is -1.43. The molecule has 0 radical (unpaired) electrons. The van der Waals surface area contributed by atoms with Gasteiger partial charge >= 0.3 is 12.0 Å². The SMILES string of the molecule is CN(CC(N)=O)C(=O)NC(CC(N)=O)C(=O)O. The number of carbonyl (C=O) groups excluding carboxylic acids is 3. The number of primary amides is 2. The van der Waals surface area contributed by atoms with Gasteiger partial charge < -0.3 is 26.8 Å². The minimum absolute atomic E-state index is 0.366. The predicted molar refractivity (Wildman–Crippen MR) is 55.6 cm³/mol. The molecular formula is C8H14N4O5. The Bertz CT molecular complexity index is 343. The Hall–Kier alpha value is -2.32. The molecule has 17 heavy (non-hydrogen) atoms. The molecule has 0 saturated heterocycles. The number of nitrogens with zero attached hydrogens (tertiary/aromatic N) is 1. The van der Waals surface area contributed by atoms with Gasteiger partial charge in [0.2, 0.25) is 11.8 Å². The third-order valence-electron chi connectivity index (χ3n) is 1.74. The number of nitrogens with two attached hydrogens (primary N) is 2. The molecule has 0 aliphatic carbocycles. The fraction of sp³-hybridized carbons (Fsp3) is 0.500. The van der Waals surface area contributed by atoms with Crippen molar-refractivity contribution in [2.45, 2.75) is 12.5 Å². The smallest absolute Gasteiger partial charge is 0.326 e. The average molecular weight is 246 g/mol. The van der Waals surface area contributed by atoms with Gasteiger partial charge in [-0.2, -0.15) is 0 Å². The molecule has 0 bridgehead atoms. The summed E-state index contributed by atoms with van der Waals surface area (Å²) in [7, 11) is 1.25. The number of carboxylic acid groups (broad SMARTS) is 1. The molecule has 0 saturated carbocycles. The Morgan fingerprint density at radius 1 is 1.24 bits per heavy atom. The van der Waals surface area contributed by atoms with Crippen LogP contribution in [0.25, 0.3) is 0 Å². The number of amides is 4. The summed E-state index contributed by atoms with van der Waals surface area (Å²) in [6, 6.07) is -2.27. The van der Waals surface area contributed by atoms with Gasteiger partial charge in [-0.15, -0.1) is 0 Å². The third kappa shape index (κ3) is 5.97. The third-order valence-corrected chi connectivity index (χ3v) is 1.74. The van der Waals surface area contributed by atoms with Crippen molar-refractivity contribution in [2.24, 2.45) is 11.5 Å². The largest absolute Gasteiger partial charge is 0.480 e. The molecule has 96 valence electrons. The maximum absolute atomic E-state index is 11.4. The quantitative estimate of drug-likeness (QED) is 0.405. The highest BCUT2D eigenvalue weighted by Crippen LogP contribution is 1.94. The van der Waals surface area contributed by atoms with E-state index in [1.54, 1.807) is 0 Å². The van der Waals surface area contributed by atoms with Crippen LogP contribution in [0.3, 0.4) is 0 Å². The Balaban J connectivity index is 4.44. The topological polar surface area (TPSA) is 156 Å². The summed E-state index contributed by atoms with van der Waals surface area (Å²) in [5.74, 6) is -3.01. The van der Waals surface area contributed by atoms with E-state index in [-0.39, 0.29) is 6.54 Å². The predicted octanol–water partition coefficient (Wildman–Crippen LogP) is -2.56. The Kier molecular flexibility index (Phi) is 5.44. The first-order valence-electron chi connectivity index (χ1n) is 4.55. The van der Waals surface area contributed by atoms with Crippen molar-refractivity contribution in [2.75, 3.05) is 13.6 Å². The molecule has 9 nitrogen and oxygen atoms in total. The van der Waals surface area contributed by atoms with Crippen molar-refractivity contribution in [3.8, 4) is 0 Å². The summed E-state index contributed by atoms with van der Waals surface area (Å²) in [5, 5.41) is 10.7. The maximum Gasteiger partial charge on any atom is 0.326 e. The first-order valence-corrected chi connectivity index (χ1v) is 4.55. The molecule has 0 spiro atoms. The molecule has 1 atom stereocenters. The number of likely N-dealkylation sites (N-methyl/N-ethyl adjacent to an activating group) is 1. The van der Waals surface area contributed by atoms with Crippen LogP contribution < -0.4 is 16.8 Å². The monoisotopic (exact) mass is 246 g/mol. The van der Waals surface area contributed by atoms with Crippen molar-refractivity contribution in [3.63, 3.8) is 0 Å². The number of carbonyl (C=O) groups is 4. The van der Waals surface area contributed by atoms with Gasteiger partial charge in [0.15, 0.2) is 0 Å². The Labute approximate surface area is 96.7 Å². The summed E-state index contributed by atoms with van der Waals surface area (Å²) < 4.78 is 0.